The summed E-state index contributed by atoms with van der Waals surface area (Å²) >= 11 is 0. The Morgan fingerprint density at radius 3 is 3.12 bits per heavy atom. The van der Waals surface area contributed by atoms with E-state index in [4.69, 9.17) is 0 Å². The molecule has 0 fully saturated rings. The maximum absolute atomic E-state index is 12.2. The van der Waals surface area contributed by atoms with E-state index in [0.717, 1.165) is 30.5 Å². The van der Waals surface area contributed by atoms with Crippen molar-refractivity contribution in [2.45, 2.75) is 38.1 Å². The summed E-state index contributed by atoms with van der Waals surface area (Å²) in [6, 6.07) is 7.51. The number of carbonyl (C=O) groups is 1. The van der Waals surface area contributed by atoms with Crippen LogP contribution in [0.5, 0.6) is 0 Å². The second-order valence-electron chi connectivity index (χ2n) is 6.41. The molecule has 4 rings (SSSR count). The van der Waals surface area contributed by atoms with Gasteiger partial charge in [0.2, 0.25) is 5.91 Å². The first-order valence-electron chi connectivity index (χ1n) is 8.47. The third kappa shape index (κ3) is 3.31. The molecule has 1 atom stereocenters. The van der Waals surface area contributed by atoms with Crippen LogP contribution in [0.4, 0.5) is 0 Å². The van der Waals surface area contributed by atoms with Gasteiger partial charge < -0.3 is 10.3 Å². The molecule has 2 aromatic heterocycles. The highest BCUT2D eigenvalue weighted by Gasteiger charge is 2.21. The minimum Gasteiger partial charge on any atom is -0.353 e. The summed E-state index contributed by atoms with van der Waals surface area (Å²) in [5.41, 5.74) is 3.94. The molecule has 0 radical (unpaired) electrons. The number of para-hydroxylation sites is 2. The molecule has 1 aromatic carbocycles. The first-order valence-corrected chi connectivity index (χ1v) is 8.47. The summed E-state index contributed by atoms with van der Waals surface area (Å²) in [7, 11) is 0. The minimum atomic E-state index is -0.229. The van der Waals surface area contributed by atoms with Crippen LogP contribution in [0, 0.1) is 0 Å². The van der Waals surface area contributed by atoms with Gasteiger partial charge in [0, 0.05) is 24.6 Å². The van der Waals surface area contributed by atoms with E-state index in [0.29, 0.717) is 17.6 Å². The van der Waals surface area contributed by atoms with Crippen molar-refractivity contribution in [1.29, 1.82) is 0 Å². The molecule has 0 saturated heterocycles. The van der Waals surface area contributed by atoms with Crippen LogP contribution in [0.3, 0.4) is 0 Å². The van der Waals surface area contributed by atoms with Crippen LogP contribution in [-0.4, -0.2) is 32.1 Å². The molecule has 3 N–H and O–H groups in total. The van der Waals surface area contributed by atoms with Gasteiger partial charge in [-0.05, 0) is 37.0 Å². The van der Waals surface area contributed by atoms with Gasteiger partial charge in [-0.25, -0.2) is 4.98 Å². The van der Waals surface area contributed by atoms with E-state index >= 15 is 0 Å². The van der Waals surface area contributed by atoms with Crippen LogP contribution < -0.4 is 10.9 Å². The summed E-state index contributed by atoms with van der Waals surface area (Å²) in [4.78, 5) is 31.5. The number of fused-ring (bicyclic) bond motifs is 2. The quantitative estimate of drug-likeness (QED) is 0.666. The Bertz CT molecular complexity index is 975. The van der Waals surface area contributed by atoms with Crippen LogP contribution in [-0.2, 0) is 24.1 Å². The Morgan fingerprint density at radius 2 is 2.20 bits per heavy atom. The molecular weight excluding hydrogens is 318 g/mol. The van der Waals surface area contributed by atoms with Gasteiger partial charge in [-0.3, -0.25) is 14.7 Å². The molecule has 7 heteroatoms. The lowest BCUT2D eigenvalue weighted by atomic mass is 9.93. The number of hydrogen-bond acceptors (Lipinski definition) is 4. The molecule has 0 saturated carbocycles. The topological polar surface area (TPSA) is 104 Å². The second kappa shape index (κ2) is 6.51. The highest BCUT2D eigenvalue weighted by molar-refractivity contribution is 5.77. The fourth-order valence-electron chi connectivity index (χ4n) is 3.31. The molecule has 7 nitrogen and oxygen atoms in total. The van der Waals surface area contributed by atoms with Crippen molar-refractivity contribution < 1.29 is 4.79 Å². The maximum Gasteiger partial charge on any atom is 0.270 e. The van der Waals surface area contributed by atoms with Crippen LogP contribution in [0.2, 0.25) is 0 Å². The Labute approximate surface area is 143 Å². The van der Waals surface area contributed by atoms with Gasteiger partial charge in [0.05, 0.1) is 17.2 Å². The summed E-state index contributed by atoms with van der Waals surface area (Å²) in [6.07, 6.45) is 5.00. The number of rotatable bonds is 4. The largest absolute Gasteiger partial charge is 0.353 e. The summed E-state index contributed by atoms with van der Waals surface area (Å²) < 4.78 is 0. The average molecular weight is 337 g/mol. The van der Waals surface area contributed by atoms with E-state index in [1.165, 1.54) is 5.56 Å². The molecule has 3 aromatic rings. The van der Waals surface area contributed by atoms with E-state index < -0.39 is 0 Å². The third-order valence-electron chi connectivity index (χ3n) is 4.64. The zero-order chi connectivity index (χ0) is 17.2. The minimum absolute atomic E-state index is 0.0497. The number of aromatic amines is 2. The number of aromatic nitrogens is 4. The second-order valence-corrected chi connectivity index (χ2v) is 6.41. The van der Waals surface area contributed by atoms with Gasteiger partial charge in [0.15, 0.2) is 0 Å². The molecular formula is C18H19N5O2. The predicted octanol–water partition coefficient (Wildman–Crippen LogP) is 1.25. The number of aryl methyl sites for hydroxylation is 2. The smallest absolute Gasteiger partial charge is 0.270 e. The van der Waals surface area contributed by atoms with Gasteiger partial charge in [-0.15, -0.1) is 0 Å². The van der Waals surface area contributed by atoms with Gasteiger partial charge >= 0.3 is 0 Å². The number of amides is 1. The lowest BCUT2D eigenvalue weighted by Crippen LogP contribution is -2.39. The molecule has 1 aliphatic carbocycles. The van der Waals surface area contributed by atoms with Crippen molar-refractivity contribution in [3.63, 3.8) is 0 Å². The Kier molecular flexibility index (Phi) is 4.05. The van der Waals surface area contributed by atoms with Crippen LogP contribution in [0.15, 0.2) is 35.3 Å². The van der Waals surface area contributed by atoms with Crippen LogP contribution >= 0.6 is 0 Å². The summed E-state index contributed by atoms with van der Waals surface area (Å²) in [5.74, 6) is -0.0497. The van der Waals surface area contributed by atoms with Gasteiger partial charge in [0.1, 0.15) is 5.69 Å². The molecule has 1 amide bonds. The van der Waals surface area contributed by atoms with Gasteiger partial charge in [-0.2, -0.15) is 5.10 Å². The fraction of sp³-hybridized carbons (Fsp3) is 0.333. The van der Waals surface area contributed by atoms with E-state index in [1.54, 1.807) is 0 Å². The summed E-state index contributed by atoms with van der Waals surface area (Å²) in [5, 5.41) is 10.1. The number of hydrogen-bond donors (Lipinski definition) is 3. The first-order chi connectivity index (χ1) is 12.2. The highest BCUT2D eigenvalue weighted by atomic mass is 16.1. The van der Waals surface area contributed by atoms with Crippen LogP contribution in [0.1, 0.15) is 29.8 Å². The molecule has 0 aliphatic heterocycles. The normalized spacial score (nSPS) is 16.6. The van der Waals surface area contributed by atoms with E-state index in [2.05, 4.69) is 25.5 Å². The fourth-order valence-corrected chi connectivity index (χ4v) is 3.31. The van der Waals surface area contributed by atoms with Crippen LogP contribution in [0.25, 0.3) is 11.0 Å². The molecule has 25 heavy (non-hydrogen) atoms. The van der Waals surface area contributed by atoms with Crippen molar-refractivity contribution in [3.8, 4) is 0 Å². The van der Waals surface area contributed by atoms with Crippen molar-refractivity contribution in [1.82, 2.24) is 25.5 Å². The standard InChI is InChI=1S/C18H19N5O2/c24-17(20-12-5-6-13-11(9-12)10-19-23-13)8-7-16-18(25)22-15-4-2-1-3-14(15)21-16/h1-4,10,12H,5-9H2,(H,19,23)(H,20,24)(H,22,25)/t12-/m1/s1. The number of carbonyl (C=O) groups excluding carboxylic acids is 1. The molecule has 0 bridgehead atoms. The average Bonchev–Trinajstić information content (AvgIpc) is 3.07. The van der Waals surface area contributed by atoms with Gasteiger partial charge in [-0.1, -0.05) is 12.1 Å². The van der Waals surface area contributed by atoms with E-state index in [9.17, 15) is 9.59 Å². The van der Waals surface area contributed by atoms with Crippen molar-refractivity contribution >= 4 is 16.9 Å². The number of H-pyrrole nitrogens is 2. The Morgan fingerprint density at radius 1 is 1.32 bits per heavy atom. The zero-order valence-corrected chi connectivity index (χ0v) is 13.7. The first kappa shape index (κ1) is 15.6. The Balaban J connectivity index is 1.38. The van der Waals surface area contributed by atoms with Crippen molar-refractivity contribution in [2.75, 3.05) is 0 Å². The van der Waals surface area contributed by atoms with E-state index in [-0.39, 0.29) is 23.9 Å². The third-order valence-corrected chi connectivity index (χ3v) is 4.64. The Hall–Kier alpha value is -2.96. The maximum atomic E-state index is 12.2. The number of benzene rings is 1. The number of nitrogens with one attached hydrogen (secondary N) is 3. The lowest BCUT2D eigenvalue weighted by Gasteiger charge is -2.22. The molecule has 0 spiro atoms. The summed E-state index contributed by atoms with van der Waals surface area (Å²) in [6.45, 7) is 0. The molecule has 128 valence electrons. The van der Waals surface area contributed by atoms with Crippen molar-refractivity contribution in [3.05, 3.63) is 57.8 Å². The molecule has 1 aliphatic rings. The monoisotopic (exact) mass is 337 g/mol. The molecule has 0 unspecified atom stereocenters. The SMILES string of the molecule is O=C(CCc1nc2ccccc2[nH]c1=O)N[C@@H]1CCc2[nH]ncc2C1. The van der Waals surface area contributed by atoms with E-state index in [1.807, 2.05) is 30.5 Å². The van der Waals surface area contributed by atoms with Crippen molar-refractivity contribution in [2.24, 2.45) is 0 Å². The predicted molar refractivity (Wildman–Crippen MR) is 93.2 cm³/mol. The molecule has 2 heterocycles. The zero-order valence-electron chi connectivity index (χ0n) is 13.7. The van der Waals surface area contributed by atoms with Gasteiger partial charge in [0.25, 0.3) is 5.56 Å². The lowest BCUT2D eigenvalue weighted by molar-refractivity contribution is -0.121. The number of nitrogens with zero attached hydrogens (tertiary/aromatic N) is 2. The highest BCUT2D eigenvalue weighted by Crippen LogP contribution is 2.18.